The van der Waals surface area contributed by atoms with Gasteiger partial charge in [0.1, 0.15) is 0 Å². The topological polar surface area (TPSA) is 76.9 Å². The highest BCUT2D eigenvalue weighted by atomic mass is 32.2. The number of hydrogen-bond acceptors (Lipinski definition) is 5. The van der Waals surface area contributed by atoms with Gasteiger partial charge in [0.15, 0.2) is 0 Å². The molecule has 2 fully saturated rings. The first-order chi connectivity index (χ1) is 10.9. The fourth-order valence-electron chi connectivity index (χ4n) is 3.24. The van der Waals surface area contributed by atoms with Crippen LogP contribution in [0, 0.1) is 17.2 Å². The summed E-state index contributed by atoms with van der Waals surface area (Å²) < 4.78 is 34.1. The van der Waals surface area contributed by atoms with Crippen molar-refractivity contribution in [1.29, 1.82) is 5.26 Å². The maximum atomic E-state index is 12.9. The van der Waals surface area contributed by atoms with Crippen molar-refractivity contribution in [3.63, 3.8) is 0 Å². The molecule has 132 valence electrons. The Morgan fingerprint density at radius 1 is 1.30 bits per heavy atom. The Kier molecular flexibility index (Phi) is 6.80. The van der Waals surface area contributed by atoms with E-state index in [1.807, 2.05) is 0 Å². The molecule has 0 saturated carbocycles. The molecular weight excluding hydrogens is 316 g/mol. The van der Waals surface area contributed by atoms with Gasteiger partial charge in [0.2, 0.25) is 0 Å². The van der Waals surface area contributed by atoms with Crippen molar-refractivity contribution in [1.82, 2.24) is 13.5 Å². The molecule has 2 aliphatic rings. The average molecular weight is 344 g/mol. The van der Waals surface area contributed by atoms with Crippen LogP contribution in [-0.2, 0) is 14.9 Å². The zero-order valence-corrected chi connectivity index (χ0v) is 15.0. The SMILES string of the molecule is C[C@@H](C#N)CN(C)S(=O)(=O)N1CCCC[C@H]1CN1CCOCC1. The molecule has 2 heterocycles. The lowest BCUT2D eigenvalue weighted by Gasteiger charge is -2.40. The zero-order valence-electron chi connectivity index (χ0n) is 14.1. The van der Waals surface area contributed by atoms with Gasteiger partial charge in [-0.3, -0.25) is 4.90 Å². The summed E-state index contributed by atoms with van der Waals surface area (Å²) >= 11 is 0. The minimum absolute atomic E-state index is 0.0201. The lowest BCUT2D eigenvalue weighted by Crippen LogP contribution is -2.54. The summed E-state index contributed by atoms with van der Waals surface area (Å²) in [6.07, 6.45) is 2.87. The minimum atomic E-state index is -3.51. The van der Waals surface area contributed by atoms with Gasteiger partial charge in [-0.05, 0) is 19.8 Å². The number of ether oxygens (including phenoxy) is 1. The summed E-state index contributed by atoms with van der Waals surface area (Å²) in [5.74, 6) is -0.308. The third-order valence-electron chi connectivity index (χ3n) is 4.59. The Morgan fingerprint density at radius 3 is 2.65 bits per heavy atom. The number of morpholine rings is 1. The van der Waals surface area contributed by atoms with Gasteiger partial charge >= 0.3 is 0 Å². The van der Waals surface area contributed by atoms with E-state index in [9.17, 15) is 8.42 Å². The highest BCUT2D eigenvalue weighted by Gasteiger charge is 2.36. The van der Waals surface area contributed by atoms with Crippen molar-refractivity contribution in [3.05, 3.63) is 0 Å². The third kappa shape index (κ3) is 4.88. The smallest absolute Gasteiger partial charge is 0.282 e. The number of nitrogens with zero attached hydrogens (tertiary/aromatic N) is 4. The first-order valence-electron chi connectivity index (χ1n) is 8.38. The van der Waals surface area contributed by atoms with Crippen molar-refractivity contribution in [3.8, 4) is 6.07 Å². The molecule has 2 aliphatic heterocycles. The van der Waals surface area contributed by atoms with E-state index in [-0.39, 0.29) is 18.5 Å². The molecule has 0 unspecified atom stereocenters. The summed E-state index contributed by atoms with van der Waals surface area (Å²) in [6, 6.07) is 2.12. The second-order valence-corrected chi connectivity index (χ2v) is 8.48. The molecule has 0 aliphatic carbocycles. The number of rotatable bonds is 6. The van der Waals surface area contributed by atoms with Gasteiger partial charge in [0, 0.05) is 45.8 Å². The third-order valence-corrected chi connectivity index (χ3v) is 6.60. The second kappa shape index (κ2) is 8.40. The van der Waals surface area contributed by atoms with Crippen LogP contribution >= 0.6 is 0 Å². The van der Waals surface area contributed by atoms with E-state index < -0.39 is 10.2 Å². The van der Waals surface area contributed by atoms with Gasteiger partial charge in [-0.2, -0.15) is 22.3 Å². The van der Waals surface area contributed by atoms with Gasteiger partial charge in [-0.1, -0.05) is 6.42 Å². The van der Waals surface area contributed by atoms with E-state index in [2.05, 4.69) is 11.0 Å². The quantitative estimate of drug-likeness (QED) is 0.702. The van der Waals surface area contributed by atoms with Crippen LogP contribution in [0.15, 0.2) is 0 Å². The Hall–Kier alpha value is -0.720. The van der Waals surface area contributed by atoms with E-state index in [0.29, 0.717) is 6.54 Å². The lowest BCUT2D eigenvalue weighted by atomic mass is 10.0. The predicted octanol–water partition coefficient (Wildman–Crippen LogP) is 0.509. The molecule has 2 rings (SSSR count). The Labute approximate surface area is 140 Å². The molecule has 2 saturated heterocycles. The molecule has 0 aromatic rings. The molecule has 0 amide bonds. The summed E-state index contributed by atoms with van der Waals surface area (Å²) in [5.41, 5.74) is 0. The van der Waals surface area contributed by atoms with E-state index in [1.54, 1.807) is 18.3 Å². The van der Waals surface area contributed by atoms with Crippen LogP contribution in [0.1, 0.15) is 26.2 Å². The second-order valence-electron chi connectivity index (χ2n) is 6.49. The first kappa shape index (κ1) is 18.6. The van der Waals surface area contributed by atoms with Gasteiger partial charge in [0.25, 0.3) is 10.2 Å². The highest BCUT2D eigenvalue weighted by molar-refractivity contribution is 7.86. The summed E-state index contributed by atoms with van der Waals surface area (Å²) in [4.78, 5) is 2.29. The Balaban J connectivity index is 2.05. The minimum Gasteiger partial charge on any atom is -0.379 e. The van der Waals surface area contributed by atoms with E-state index in [4.69, 9.17) is 10.00 Å². The molecule has 8 heteroatoms. The van der Waals surface area contributed by atoms with Crippen LogP contribution in [0.25, 0.3) is 0 Å². The van der Waals surface area contributed by atoms with Gasteiger partial charge < -0.3 is 4.74 Å². The first-order valence-corrected chi connectivity index (χ1v) is 9.77. The van der Waals surface area contributed by atoms with Gasteiger partial charge in [-0.25, -0.2) is 0 Å². The number of hydrogen-bond donors (Lipinski definition) is 0. The predicted molar refractivity (Wildman–Crippen MR) is 87.9 cm³/mol. The Morgan fingerprint density at radius 2 is 2.00 bits per heavy atom. The Bertz CT molecular complexity index is 513. The normalized spacial score (nSPS) is 26.1. The van der Waals surface area contributed by atoms with Gasteiger partial charge in [-0.15, -0.1) is 0 Å². The van der Waals surface area contributed by atoms with Crippen LogP contribution < -0.4 is 0 Å². The van der Waals surface area contributed by atoms with Gasteiger partial charge in [0.05, 0.1) is 25.2 Å². The molecule has 0 bridgehead atoms. The van der Waals surface area contributed by atoms with Crippen LogP contribution in [-0.4, -0.2) is 81.0 Å². The molecule has 7 nitrogen and oxygen atoms in total. The number of nitriles is 1. The van der Waals surface area contributed by atoms with Crippen LogP contribution in [0.3, 0.4) is 0 Å². The molecule has 0 aromatic heterocycles. The standard InChI is InChI=1S/C15H28N4O3S/c1-14(11-16)12-17(2)23(20,21)19-6-4-3-5-15(19)13-18-7-9-22-10-8-18/h14-15H,3-10,12-13H2,1-2H3/t14-,15-/m0/s1. The van der Waals surface area contributed by atoms with E-state index in [0.717, 1.165) is 52.1 Å². The molecule has 0 spiro atoms. The van der Waals surface area contributed by atoms with Crippen molar-refractivity contribution in [2.75, 3.05) is 53.0 Å². The molecule has 0 aromatic carbocycles. The molecule has 23 heavy (non-hydrogen) atoms. The van der Waals surface area contributed by atoms with Crippen molar-refractivity contribution >= 4 is 10.2 Å². The highest BCUT2D eigenvalue weighted by Crippen LogP contribution is 2.23. The molecular formula is C15H28N4O3S. The molecule has 0 N–H and O–H groups in total. The van der Waals surface area contributed by atoms with Crippen molar-refractivity contribution < 1.29 is 13.2 Å². The summed E-state index contributed by atoms with van der Waals surface area (Å²) in [6.45, 7) is 6.50. The maximum absolute atomic E-state index is 12.9. The van der Waals surface area contributed by atoms with Crippen LogP contribution in [0.2, 0.25) is 0 Å². The lowest BCUT2D eigenvalue weighted by molar-refractivity contribution is 0.0258. The molecule has 2 atom stereocenters. The average Bonchev–Trinajstić information content (AvgIpc) is 2.56. The zero-order chi connectivity index (χ0) is 16.9. The van der Waals surface area contributed by atoms with E-state index >= 15 is 0 Å². The fourth-order valence-corrected chi connectivity index (χ4v) is 4.92. The van der Waals surface area contributed by atoms with Crippen LogP contribution in [0.4, 0.5) is 0 Å². The summed E-state index contributed by atoms with van der Waals surface area (Å²) in [7, 11) is -1.94. The largest absolute Gasteiger partial charge is 0.379 e. The summed E-state index contributed by atoms with van der Waals surface area (Å²) in [5, 5.41) is 8.92. The van der Waals surface area contributed by atoms with Crippen molar-refractivity contribution in [2.24, 2.45) is 5.92 Å². The van der Waals surface area contributed by atoms with Crippen molar-refractivity contribution in [2.45, 2.75) is 32.2 Å². The monoisotopic (exact) mass is 344 g/mol. The molecule has 0 radical (unpaired) electrons. The van der Waals surface area contributed by atoms with E-state index in [1.165, 1.54) is 4.31 Å². The maximum Gasteiger partial charge on any atom is 0.282 e. The number of piperidine rings is 1. The van der Waals surface area contributed by atoms with Crippen LogP contribution in [0.5, 0.6) is 0 Å². The fraction of sp³-hybridized carbons (Fsp3) is 0.933.